The van der Waals surface area contributed by atoms with E-state index in [1.807, 2.05) is 6.07 Å². The lowest BCUT2D eigenvalue weighted by Gasteiger charge is -2.23. The molecule has 11 nitrogen and oxygen atoms in total. The summed E-state index contributed by atoms with van der Waals surface area (Å²) in [5.41, 5.74) is 8.09. The fourth-order valence-corrected chi connectivity index (χ4v) is 4.22. The molecule has 0 aliphatic rings. The van der Waals surface area contributed by atoms with Crippen LogP contribution in [-0.4, -0.2) is 54.2 Å². The Balaban J connectivity index is 1.56. The molecule has 11 heteroatoms. The largest absolute Gasteiger partial charge is 0.465 e. The van der Waals surface area contributed by atoms with Crippen LogP contribution in [0.5, 0.6) is 0 Å². The number of fused-ring (bicyclic) bond motifs is 1. The molecule has 3 amide bonds. The molecule has 0 fully saturated rings. The van der Waals surface area contributed by atoms with Gasteiger partial charge in [-0.2, -0.15) is 0 Å². The van der Waals surface area contributed by atoms with E-state index >= 15 is 0 Å². The number of ether oxygens (including phenoxy) is 1. The first-order valence-electron chi connectivity index (χ1n) is 13.2. The van der Waals surface area contributed by atoms with E-state index in [9.17, 15) is 19.2 Å². The number of nitrogens with zero attached hydrogens (tertiary/aromatic N) is 2. The van der Waals surface area contributed by atoms with Crippen molar-refractivity contribution in [2.24, 2.45) is 5.73 Å². The number of nitrogen functional groups attached to an aromatic ring is 1. The number of esters is 1. The van der Waals surface area contributed by atoms with Crippen molar-refractivity contribution in [1.29, 1.82) is 5.41 Å². The van der Waals surface area contributed by atoms with Gasteiger partial charge in [0.15, 0.2) is 0 Å². The SMILES string of the molecule is CCOC(=O)CNC(=O)CN(C(=O)c1cccnc1)c1ccc2c(C(=O)NCc3ccc(C(=N)N)cc3)cccc2c1. The van der Waals surface area contributed by atoms with Crippen LogP contribution in [0, 0.1) is 5.41 Å². The Hall–Kier alpha value is -5.58. The zero-order chi connectivity index (χ0) is 30.1. The monoisotopic (exact) mass is 566 g/mol. The van der Waals surface area contributed by atoms with Gasteiger partial charge in [0.05, 0.1) is 12.2 Å². The Kier molecular flexibility index (Phi) is 9.57. The number of benzene rings is 3. The smallest absolute Gasteiger partial charge is 0.325 e. The van der Waals surface area contributed by atoms with Gasteiger partial charge in [-0.05, 0) is 53.6 Å². The lowest BCUT2D eigenvalue weighted by Crippen LogP contribution is -2.42. The number of carbonyl (C=O) groups is 4. The molecular weight excluding hydrogens is 536 g/mol. The molecule has 0 bridgehead atoms. The van der Waals surface area contributed by atoms with Gasteiger partial charge in [0.25, 0.3) is 11.8 Å². The maximum absolute atomic E-state index is 13.4. The van der Waals surface area contributed by atoms with Gasteiger partial charge in [0.2, 0.25) is 5.91 Å². The quantitative estimate of drug-likeness (QED) is 0.123. The molecule has 0 saturated carbocycles. The average molecular weight is 567 g/mol. The summed E-state index contributed by atoms with van der Waals surface area (Å²) in [6.07, 6.45) is 2.94. The van der Waals surface area contributed by atoms with Gasteiger partial charge >= 0.3 is 5.97 Å². The second-order valence-corrected chi connectivity index (χ2v) is 9.22. The summed E-state index contributed by atoms with van der Waals surface area (Å²) in [5, 5.41) is 14.2. The van der Waals surface area contributed by atoms with Crippen molar-refractivity contribution < 1.29 is 23.9 Å². The number of nitrogens with one attached hydrogen (secondary N) is 3. The molecule has 1 heterocycles. The number of hydrogen-bond donors (Lipinski definition) is 4. The zero-order valence-corrected chi connectivity index (χ0v) is 22.9. The van der Waals surface area contributed by atoms with Crippen molar-refractivity contribution >= 4 is 46.0 Å². The molecule has 42 heavy (non-hydrogen) atoms. The van der Waals surface area contributed by atoms with Crippen LogP contribution >= 0.6 is 0 Å². The normalized spacial score (nSPS) is 10.5. The van der Waals surface area contributed by atoms with E-state index in [4.69, 9.17) is 15.9 Å². The molecule has 3 aromatic carbocycles. The molecule has 0 unspecified atom stereocenters. The summed E-state index contributed by atoms with van der Waals surface area (Å²) in [4.78, 5) is 56.3. The number of nitrogens with two attached hydrogens (primary N) is 1. The third-order valence-corrected chi connectivity index (χ3v) is 6.33. The Morgan fingerprint density at radius 2 is 1.74 bits per heavy atom. The number of pyridine rings is 1. The Bertz CT molecular complexity index is 1620. The number of aromatic nitrogens is 1. The lowest BCUT2D eigenvalue weighted by atomic mass is 10.0. The van der Waals surface area contributed by atoms with E-state index in [0.717, 1.165) is 5.56 Å². The van der Waals surface area contributed by atoms with E-state index in [2.05, 4.69) is 15.6 Å². The molecule has 1 aromatic heterocycles. The second-order valence-electron chi connectivity index (χ2n) is 9.22. The summed E-state index contributed by atoms with van der Waals surface area (Å²) in [5.74, 6) is -1.91. The zero-order valence-electron chi connectivity index (χ0n) is 22.9. The number of amides is 3. The third-order valence-electron chi connectivity index (χ3n) is 6.33. The minimum absolute atomic E-state index is 0.0290. The minimum Gasteiger partial charge on any atom is -0.465 e. The molecule has 214 valence electrons. The van der Waals surface area contributed by atoms with Crippen LogP contribution in [0.3, 0.4) is 0 Å². The first kappa shape index (κ1) is 29.4. The Morgan fingerprint density at radius 1 is 0.952 bits per heavy atom. The van der Waals surface area contributed by atoms with Gasteiger partial charge in [-0.1, -0.05) is 42.5 Å². The van der Waals surface area contributed by atoms with E-state index < -0.39 is 17.8 Å². The summed E-state index contributed by atoms with van der Waals surface area (Å²) in [6, 6.07) is 20.6. The summed E-state index contributed by atoms with van der Waals surface area (Å²) in [6.45, 7) is 1.45. The number of anilines is 1. The van der Waals surface area contributed by atoms with Crippen LogP contribution in [-0.2, 0) is 20.9 Å². The van der Waals surface area contributed by atoms with Crippen molar-refractivity contribution in [3.63, 3.8) is 0 Å². The van der Waals surface area contributed by atoms with Gasteiger partial charge in [-0.3, -0.25) is 34.5 Å². The topological polar surface area (TPSA) is 168 Å². The van der Waals surface area contributed by atoms with E-state index in [-0.39, 0.29) is 43.5 Å². The van der Waals surface area contributed by atoms with Crippen LogP contribution < -0.4 is 21.3 Å². The fourth-order valence-electron chi connectivity index (χ4n) is 4.22. The predicted molar refractivity (Wildman–Crippen MR) is 158 cm³/mol. The number of carbonyl (C=O) groups excluding carboxylic acids is 4. The molecule has 4 aromatic rings. The predicted octanol–water partition coefficient (Wildman–Crippen LogP) is 2.77. The molecule has 5 N–H and O–H groups in total. The highest BCUT2D eigenvalue weighted by Gasteiger charge is 2.22. The molecule has 0 radical (unpaired) electrons. The minimum atomic E-state index is -0.583. The Morgan fingerprint density at radius 3 is 2.43 bits per heavy atom. The van der Waals surface area contributed by atoms with Gasteiger partial charge in [-0.15, -0.1) is 0 Å². The first-order chi connectivity index (χ1) is 20.3. The van der Waals surface area contributed by atoms with Gasteiger partial charge < -0.3 is 21.1 Å². The second kappa shape index (κ2) is 13.7. The highest BCUT2D eigenvalue weighted by atomic mass is 16.5. The molecule has 4 rings (SSSR count). The first-order valence-corrected chi connectivity index (χ1v) is 13.2. The van der Waals surface area contributed by atoms with Crippen molar-refractivity contribution in [3.05, 3.63) is 107 Å². The van der Waals surface area contributed by atoms with Gasteiger partial charge in [0.1, 0.15) is 18.9 Å². The van der Waals surface area contributed by atoms with Crippen LogP contribution in [0.1, 0.15) is 38.8 Å². The van der Waals surface area contributed by atoms with Crippen LogP contribution in [0.15, 0.2) is 85.2 Å². The highest BCUT2D eigenvalue weighted by Crippen LogP contribution is 2.26. The number of amidine groups is 1. The van der Waals surface area contributed by atoms with Crippen LogP contribution in [0.25, 0.3) is 10.8 Å². The number of hydrogen-bond acceptors (Lipinski definition) is 7. The van der Waals surface area contributed by atoms with E-state index in [1.54, 1.807) is 73.7 Å². The summed E-state index contributed by atoms with van der Waals surface area (Å²) < 4.78 is 4.85. The molecule has 0 aliphatic carbocycles. The van der Waals surface area contributed by atoms with Crippen molar-refractivity contribution in [1.82, 2.24) is 15.6 Å². The molecule has 0 spiro atoms. The third kappa shape index (κ3) is 7.33. The molecule has 0 atom stereocenters. The van der Waals surface area contributed by atoms with E-state index in [1.165, 1.54) is 17.3 Å². The molecule has 0 aliphatic heterocycles. The maximum atomic E-state index is 13.4. The molecule has 0 saturated heterocycles. The molecular formula is C31H30N6O5. The van der Waals surface area contributed by atoms with Crippen molar-refractivity contribution in [2.45, 2.75) is 13.5 Å². The van der Waals surface area contributed by atoms with Gasteiger partial charge in [0, 0.05) is 35.8 Å². The highest BCUT2D eigenvalue weighted by molar-refractivity contribution is 6.11. The van der Waals surface area contributed by atoms with Crippen LogP contribution in [0.4, 0.5) is 5.69 Å². The summed E-state index contributed by atoms with van der Waals surface area (Å²) in [7, 11) is 0. The maximum Gasteiger partial charge on any atom is 0.325 e. The standard InChI is InChI=1S/C31H30N6O5/c1-2-42-28(39)18-35-27(38)19-37(31(41)23-6-4-14-34-17-23)24-12-13-25-22(15-24)5-3-7-26(25)30(40)36-16-20-8-10-21(11-9-20)29(32)33/h3-15,17H,2,16,18-19H2,1H3,(H3,32,33)(H,35,38)(H,36,40). The fraction of sp³-hybridized carbons (Fsp3) is 0.161. The van der Waals surface area contributed by atoms with Crippen molar-refractivity contribution in [3.8, 4) is 0 Å². The van der Waals surface area contributed by atoms with Crippen molar-refractivity contribution in [2.75, 3.05) is 24.6 Å². The summed E-state index contributed by atoms with van der Waals surface area (Å²) >= 11 is 0. The van der Waals surface area contributed by atoms with Crippen LogP contribution in [0.2, 0.25) is 0 Å². The number of rotatable bonds is 11. The van der Waals surface area contributed by atoms with E-state index in [0.29, 0.717) is 27.6 Å². The lowest BCUT2D eigenvalue weighted by molar-refractivity contribution is -0.143. The Labute approximate surface area is 242 Å². The van der Waals surface area contributed by atoms with Gasteiger partial charge in [-0.25, -0.2) is 0 Å². The average Bonchev–Trinajstić information content (AvgIpc) is 3.01.